The molecule has 0 bridgehead atoms. The van der Waals surface area contributed by atoms with Crippen LogP contribution in [0.3, 0.4) is 0 Å². The molecular weight excluding hydrogens is 326 g/mol. The molecule has 0 spiro atoms. The Hall–Kier alpha value is -2.01. The van der Waals surface area contributed by atoms with Crippen molar-refractivity contribution in [3.05, 3.63) is 46.2 Å². The fourth-order valence-electron chi connectivity index (χ4n) is 3.10. The number of aryl methyl sites for hydroxylation is 3. The number of aromatic nitrogens is 2. The average molecular weight is 348 g/mol. The first-order valence-electron chi connectivity index (χ1n) is 8.19. The smallest absolute Gasteiger partial charge is 0.261 e. The second-order valence-electron chi connectivity index (χ2n) is 6.33. The standard InChI is InChI=1S/C18H22ClN3O2/c1-11-9-13(19)7-8-17(11)24-12(2)18(23)20-15-5-4-6-16-14(15)10-22(3)21-16/h7-10,12,15H,4-6H2,1-3H3,(H,20,23)/t12-,15-/m1/s1. The second-order valence-corrected chi connectivity index (χ2v) is 6.76. The highest BCUT2D eigenvalue weighted by Crippen LogP contribution is 2.29. The van der Waals surface area contributed by atoms with Crippen LogP contribution in [-0.4, -0.2) is 21.8 Å². The van der Waals surface area contributed by atoms with Gasteiger partial charge in [0.05, 0.1) is 11.7 Å². The Morgan fingerprint density at radius 1 is 1.50 bits per heavy atom. The number of fused-ring (bicyclic) bond motifs is 1. The summed E-state index contributed by atoms with van der Waals surface area (Å²) in [7, 11) is 1.91. The second kappa shape index (κ2) is 6.85. The van der Waals surface area contributed by atoms with Gasteiger partial charge in [0.2, 0.25) is 0 Å². The van der Waals surface area contributed by atoms with Crippen molar-refractivity contribution in [3.8, 4) is 5.75 Å². The quantitative estimate of drug-likeness (QED) is 0.922. The minimum Gasteiger partial charge on any atom is -0.481 e. The molecule has 5 nitrogen and oxygen atoms in total. The van der Waals surface area contributed by atoms with E-state index >= 15 is 0 Å². The molecule has 6 heteroatoms. The Labute approximate surface area is 147 Å². The molecule has 0 fully saturated rings. The summed E-state index contributed by atoms with van der Waals surface area (Å²) in [5.41, 5.74) is 3.11. The van der Waals surface area contributed by atoms with Crippen LogP contribution in [0, 0.1) is 6.92 Å². The first-order chi connectivity index (χ1) is 11.4. The number of nitrogens with zero attached hydrogens (tertiary/aromatic N) is 2. The SMILES string of the molecule is Cc1cc(Cl)ccc1O[C@H](C)C(=O)N[C@@H]1CCCc2nn(C)cc21. The molecule has 1 aliphatic carbocycles. The number of ether oxygens (including phenoxy) is 1. The van der Waals surface area contributed by atoms with E-state index in [1.807, 2.05) is 30.9 Å². The number of halogens is 1. The lowest BCUT2D eigenvalue weighted by molar-refractivity contribution is -0.128. The molecule has 1 aromatic heterocycles. The molecule has 1 amide bonds. The Morgan fingerprint density at radius 3 is 3.04 bits per heavy atom. The third-order valence-electron chi connectivity index (χ3n) is 4.35. The van der Waals surface area contributed by atoms with E-state index in [9.17, 15) is 4.79 Å². The van der Waals surface area contributed by atoms with Crippen LogP contribution >= 0.6 is 11.6 Å². The number of carbonyl (C=O) groups excluding carboxylic acids is 1. The maximum Gasteiger partial charge on any atom is 0.261 e. The molecule has 1 aromatic carbocycles. The Bertz CT molecular complexity index is 757. The summed E-state index contributed by atoms with van der Waals surface area (Å²) in [5.74, 6) is 0.554. The molecular formula is C18H22ClN3O2. The van der Waals surface area contributed by atoms with E-state index in [0.717, 1.165) is 36.1 Å². The maximum absolute atomic E-state index is 12.5. The van der Waals surface area contributed by atoms with Gasteiger partial charge in [-0.1, -0.05) is 11.6 Å². The molecule has 0 saturated carbocycles. The van der Waals surface area contributed by atoms with E-state index in [1.165, 1.54) is 0 Å². The highest BCUT2D eigenvalue weighted by Gasteiger charge is 2.26. The first-order valence-corrected chi connectivity index (χ1v) is 8.57. The van der Waals surface area contributed by atoms with Gasteiger partial charge in [0.1, 0.15) is 5.75 Å². The molecule has 2 atom stereocenters. The van der Waals surface area contributed by atoms with Crippen molar-refractivity contribution in [3.63, 3.8) is 0 Å². The molecule has 1 heterocycles. The largest absolute Gasteiger partial charge is 0.481 e. The summed E-state index contributed by atoms with van der Waals surface area (Å²) < 4.78 is 7.62. The number of nitrogens with one attached hydrogen (secondary N) is 1. The van der Waals surface area contributed by atoms with Gasteiger partial charge < -0.3 is 10.1 Å². The number of benzene rings is 1. The van der Waals surface area contributed by atoms with Gasteiger partial charge in [0.15, 0.2) is 6.10 Å². The molecule has 0 radical (unpaired) electrons. The van der Waals surface area contributed by atoms with Crippen LogP contribution in [0.1, 0.15) is 42.6 Å². The van der Waals surface area contributed by atoms with Crippen LogP contribution in [0.15, 0.2) is 24.4 Å². The van der Waals surface area contributed by atoms with Gasteiger partial charge in [-0.3, -0.25) is 9.48 Å². The van der Waals surface area contributed by atoms with Gasteiger partial charge in [-0.15, -0.1) is 0 Å². The molecule has 3 rings (SSSR count). The summed E-state index contributed by atoms with van der Waals surface area (Å²) >= 11 is 5.95. The minimum atomic E-state index is -0.577. The summed E-state index contributed by atoms with van der Waals surface area (Å²) in [4.78, 5) is 12.5. The average Bonchev–Trinajstić information content (AvgIpc) is 2.91. The van der Waals surface area contributed by atoms with Crippen molar-refractivity contribution in [1.29, 1.82) is 0 Å². The summed E-state index contributed by atoms with van der Waals surface area (Å²) in [6.45, 7) is 3.67. The van der Waals surface area contributed by atoms with E-state index in [2.05, 4.69) is 10.4 Å². The number of rotatable bonds is 4. The van der Waals surface area contributed by atoms with Gasteiger partial charge >= 0.3 is 0 Å². The molecule has 24 heavy (non-hydrogen) atoms. The number of hydrogen-bond acceptors (Lipinski definition) is 3. The summed E-state index contributed by atoms with van der Waals surface area (Å²) in [6.07, 6.45) is 4.34. The third-order valence-corrected chi connectivity index (χ3v) is 4.58. The zero-order chi connectivity index (χ0) is 17.3. The van der Waals surface area contributed by atoms with Crippen LogP contribution in [0.2, 0.25) is 5.02 Å². The minimum absolute atomic E-state index is 0.00677. The lowest BCUT2D eigenvalue weighted by Gasteiger charge is -2.24. The number of hydrogen-bond donors (Lipinski definition) is 1. The van der Waals surface area contributed by atoms with Crippen molar-refractivity contribution >= 4 is 17.5 Å². The van der Waals surface area contributed by atoms with Crippen LogP contribution in [0.25, 0.3) is 0 Å². The lowest BCUT2D eigenvalue weighted by atomic mass is 9.93. The van der Waals surface area contributed by atoms with Crippen molar-refractivity contribution in [2.75, 3.05) is 0 Å². The van der Waals surface area contributed by atoms with Crippen molar-refractivity contribution in [1.82, 2.24) is 15.1 Å². The molecule has 128 valence electrons. The Morgan fingerprint density at radius 2 is 2.29 bits per heavy atom. The fraction of sp³-hybridized carbons (Fsp3) is 0.444. The Balaban J connectivity index is 1.66. The van der Waals surface area contributed by atoms with Crippen molar-refractivity contribution in [2.24, 2.45) is 7.05 Å². The number of amides is 1. The van der Waals surface area contributed by atoms with Crippen molar-refractivity contribution < 1.29 is 9.53 Å². The summed E-state index contributed by atoms with van der Waals surface area (Å²) in [5, 5.41) is 8.21. The normalized spacial score (nSPS) is 17.9. The van der Waals surface area contributed by atoms with Gasteiger partial charge in [0.25, 0.3) is 5.91 Å². The molecule has 1 aliphatic rings. The monoisotopic (exact) mass is 347 g/mol. The van der Waals surface area contributed by atoms with E-state index in [-0.39, 0.29) is 11.9 Å². The molecule has 0 saturated heterocycles. The van der Waals surface area contributed by atoms with E-state index in [4.69, 9.17) is 16.3 Å². The zero-order valence-electron chi connectivity index (χ0n) is 14.2. The van der Waals surface area contributed by atoms with Crippen LogP contribution < -0.4 is 10.1 Å². The van der Waals surface area contributed by atoms with E-state index in [0.29, 0.717) is 10.8 Å². The molecule has 2 aromatic rings. The highest BCUT2D eigenvalue weighted by molar-refractivity contribution is 6.30. The summed E-state index contributed by atoms with van der Waals surface area (Å²) in [6, 6.07) is 5.39. The first kappa shape index (κ1) is 16.8. The molecule has 0 aliphatic heterocycles. The van der Waals surface area contributed by atoms with E-state index < -0.39 is 6.10 Å². The fourth-order valence-corrected chi connectivity index (χ4v) is 3.32. The van der Waals surface area contributed by atoms with Gasteiger partial charge in [-0.25, -0.2) is 0 Å². The van der Waals surface area contributed by atoms with Crippen LogP contribution in [0.5, 0.6) is 5.75 Å². The van der Waals surface area contributed by atoms with Gasteiger partial charge in [0, 0.05) is 23.8 Å². The lowest BCUT2D eigenvalue weighted by Crippen LogP contribution is -2.39. The van der Waals surface area contributed by atoms with Gasteiger partial charge in [-0.2, -0.15) is 5.10 Å². The van der Waals surface area contributed by atoms with Crippen LogP contribution in [-0.2, 0) is 18.3 Å². The zero-order valence-corrected chi connectivity index (χ0v) is 14.9. The molecule has 0 unspecified atom stereocenters. The topological polar surface area (TPSA) is 56.1 Å². The predicted molar refractivity (Wildman–Crippen MR) is 93.3 cm³/mol. The van der Waals surface area contributed by atoms with Gasteiger partial charge in [-0.05, 0) is 56.9 Å². The third kappa shape index (κ3) is 3.56. The Kier molecular flexibility index (Phi) is 4.81. The highest BCUT2D eigenvalue weighted by atomic mass is 35.5. The maximum atomic E-state index is 12.5. The molecule has 1 N–H and O–H groups in total. The van der Waals surface area contributed by atoms with E-state index in [1.54, 1.807) is 19.1 Å². The van der Waals surface area contributed by atoms with Crippen LogP contribution in [0.4, 0.5) is 0 Å². The van der Waals surface area contributed by atoms with Crippen molar-refractivity contribution in [2.45, 2.75) is 45.3 Å². The predicted octanol–water partition coefficient (Wildman–Crippen LogP) is 3.34. The number of carbonyl (C=O) groups is 1.